The van der Waals surface area contributed by atoms with E-state index in [1.807, 2.05) is 4.57 Å². The van der Waals surface area contributed by atoms with Crippen molar-refractivity contribution in [2.24, 2.45) is 5.92 Å². The summed E-state index contributed by atoms with van der Waals surface area (Å²) in [7, 11) is 3.81. The Morgan fingerprint density at radius 3 is 2.86 bits per heavy atom. The van der Waals surface area contributed by atoms with Gasteiger partial charge >= 0.3 is 0 Å². The molecule has 5 heteroatoms. The third-order valence-corrected chi connectivity index (χ3v) is 4.12. The lowest BCUT2D eigenvalue weighted by molar-refractivity contribution is 0.183. The summed E-state index contributed by atoms with van der Waals surface area (Å²) in [4.78, 5) is 15.1. The molecule has 0 amide bonds. The second-order valence-corrected chi connectivity index (χ2v) is 6.60. The van der Waals surface area contributed by atoms with Crippen LogP contribution in [-0.2, 0) is 30.8 Å². The Bertz CT molecular complexity index is 552. The highest BCUT2D eigenvalue weighted by molar-refractivity contribution is 5.29. The third-order valence-electron chi connectivity index (χ3n) is 4.12. The summed E-state index contributed by atoms with van der Waals surface area (Å²) in [5.41, 5.74) is 3.47. The van der Waals surface area contributed by atoms with E-state index < -0.39 is 0 Å². The number of aromatic nitrogens is 1. The molecule has 1 aromatic heterocycles. The van der Waals surface area contributed by atoms with E-state index in [2.05, 4.69) is 37.2 Å². The summed E-state index contributed by atoms with van der Waals surface area (Å²) in [6, 6.07) is 2.10. The van der Waals surface area contributed by atoms with Crippen LogP contribution in [0.1, 0.15) is 30.7 Å². The van der Waals surface area contributed by atoms with Gasteiger partial charge in [0.2, 0.25) is 0 Å². The van der Waals surface area contributed by atoms with E-state index in [-0.39, 0.29) is 5.56 Å². The predicted octanol–water partition coefficient (Wildman–Crippen LogP) is 1.23. The second-order valence-electron chi connectivity index (χ2n) is 6.60. The SMILES string of the molecule is COCCn1c2c(cc(CNCC(C)C)c1=O)CN(C)CC2. The van der Waals surface area contributed by atoms with Gasteiger partial charge in [0, 0.05) is 51.0 Å². The first kappa shape index (κ1) is 17.2. The maximum atomic E-state index is 12.8. The highest BCUT2D eigenvalue weighted by Gasteiger charge is 2.19. The summed E-state index contributed by atoms with van der Waals surface area (Å²) in [6.45, 7) is 9.04. The average Bonchev–Trinajstić information content (AvgIpc) is 2.47. The Morgan fingerprint density at radius 2 is 2.18 bits per heavy atom. The fourth-order valence-electron chi connectivity index (χ4n) is 2.96. The van der Waals surface area contributed by atoms with Crippen LogP contribution in [0.25, 0.3) is 0 Å². The van der Waals surface area contributed by atoms with E-state index in [4.69, 9.17) is 4.74 Å². The first-order valence-corrected chi connectivity index (χ1v) is 8.15. The van der Waals surface area contributed by atoms with Crippen molar-refractivity contribution in [2.45, 2.75) is 39.9 Å². The molecule has 1 aromatic rings. The third kappa shape index (κ3) is 4.18. The van der Waals surface area contributed by atoms with Gasteiger partial charge in [0.1, 0.15) is 0 Å². The molecule has 0 aromatic carbocycles. The largest absolute Gasteiger partial charge is 0.383 e. The number of hydrogen-bond acceptors (Lipinski definition) is 4. The minimum atomic E-state index is 0.136. The van der Waals surface area contributed by atoms with Crippen molar-refractivity contribution >= 4 is 0 Å². The number of ether oxygens (including phenoxy) is 1. The lowest BCUT2D eigenvalue weighted by Gasteiger charge is -2.28. The van der Waals surface area contributed by atoms with Crippen molar-refractivity contribution in [3.8, 4) is 0 Å². The van der Waals surface area contributed by atoms with Gasteiger partial charge in [-0.05, 0) is 31.1 Å². The highest BCUT2D eigenvalue weighted by atomic mass is 16.5. The van der Waals surface area contributed by atoms with Gasteiger partial charge in [0.05, 0.1) is 6.61 Å². The molecule has 22 heavy (non-hydrogen) atoms. The molecule has 0 atom stereocenters. The molecule has 0 aliphatic carbocycles. The Morgan fingerprint density at radius 1 is 1.41 bits per heavy atom. The molecule has 0 saturated carbocycles. The Kier molecular flexibility index (Phi) is 6.17. The van der Waals surface area contributed by atoms with Gasteiger partial charge in [0.15, 0.2) is 0 Å². The van der Waals surface area contributed by atoms with Gasteiger partial charge in [-0.2, -0.15) is 0 Å². The van der Waals surface area contributed by atoms with Crippen molar-refractivity contribution in [3.63, 3.8) is 0 Å². The monoisotopic (exact) mass is 307 g/mol. The number of hydrogen-bond donors (Lipinski definition) is 1. The summed E-state index contributed by atoms with van der Waals surface area (Å²) < 4.78 is 7.11. The number of likely N-dealkylation sites (N-methyl/N-ethyl adjacent to an activating group) is 1. The van der Waals surface area contributed by atoms with E-state index >= 15 is 0 Å². The van der Waals surface area contributed by atoms with E-state index in [9.17, 15) is 4.79 Å². The molecule has 2 rings (SSSR count). The molecule has 1 aliphatic heterocycles. The van der Waals surface area contributed by atoms with E-state index in [1.54, 1.807) is 7.11 Å². The molecule has 0 bridgehead atoms. The lowest BCUT2D eigenvalue weighted by atomic mass is 10.0. The fourth-order valence-corrected chi connectivity index (χ4v) is 2.96. The fraction of sp³-hybridized carbons (Fsp3) is 0.706. The average molecular weight is 307 g/mol. The molecule has 0 fully saturated rings. The van der Waals surface area contributed by atoms with E-state index in [1.165, 1.54) is 11.3 Å². The summed E-state index contributed by atoms with van der Waals surface area (Å²) in [5, 5.41) is 3.39. The zero-order valence-electron chi connectivity index (χ0n) is 14.3. The van der Waals surface area contributed by atoms with Crippen molar-refractivity contribution in [3.05, 3.63) is 33.2 Å². The molecule has 0 saturated heterocycles. The molecule has 0 unspecified atom stereocenters. The summed E-state index contributed by atoms with van der Waals surface area (Å²) in [5.74, 6) is 0.583. The number of fused-ring (bicyclic) bond motifs is 1. The summed E-state index contributed by atoms with van der Waals surface area (Å²) >= 11 is 0. The van der Waals surface area contributed by atoms with Crippen molar-refractivity contribution in [1.29, 1.82) is 0 Å². The van der Waals surface area contributed by atoms with Crippen LogP contribution in [0.15, 0.2) is 10.9 Å². The van der Waals surface area contributed by atoms with Crippen molar-refractivity contribution < 1.29 is 4.74 Å². The first-order valence-electron chi connectivity index (χ1n) is 8.15. The van der Waals surface area contributed by atoms with Crippen LogP contribution in [0, 0.1) is 5.92 Å². The molecule has 1 aliphatic rings. The number of nitrogens with one attached hydrogen (secondary N) is 1. The smallest absolute Gasteiger partial charge is 0.255 e. The number of pyridine rings is 1. The molecule has 0 radical (unpaired) electrons. The Labute approximate surface area is 133 Å². The molecule has 1 N–H and O–H groups in total. The standard InChI is InChI=1S/C17H29N3O2/c1-13(2)10-18-11-14-9-15-12-19(3)6-5-16(15)20(17(14)21)7-8-22-4/h9,13,18H,5-8,10-12H2,1-4H3. The van der Waals surface area contributed by atoms with Crippen LogP contribution < -0.4 is 10.9 Å². The minimum absolute atomic E-state index is 0.136. The van der Waals surface area contributed by atoms with Crippen molar-refractivity contribution in [1.82, 2.24) is 14.8 Å². The molecule has 124 valence electrons. The van der Waals surface area contributed by atoms with Gasteiger partial charge in [-0.25, -0.2) is 0 Å². The van der Waals surface area contributed by atoms with E-state index in [0.717, 1.165) is 31.6 Å². The lowest BCUT2D eigenvalue weighted by Crippen LogP contribution is -2.37. The molecular formula is C17H29N3O2. The topological polar surface area (TPSA) is 46.5 Å². The molecular weight excluding hydrogens is 278 g/mol. The van der Waals surface area contributed by atoms with Gasteiger partial charge in [0.25, 0.3) is 5.56 Å². The molecule has 2 heterocycles. The second kappa shape index (κ2) is 7.90. The maximum Gasteiger partial charge on any atom is 0.255 e. The van der Waals surface area contributed by atoms with Gasteiger partial charge in [-0.15, -0.1) is 0 Å². The van der Waals surface area contributed by atoms with Crippen LogP contribution >= 0.6 is 0 Å². The molecule has 0 spiro atoms. The first-order chi connectivity index (χ1) is 10.5. The predicted molar refractivity (Wildman–Crippen MR) is 89.2 cm³/mol. The van der Waals surface area contributed by atoms with Gasteiger partial charge in [-0.3, -0.25) is 4.79 Å². The Balaban J connectivity index is 2.29. The highest BCUT2D eigenvalue weighted by Crippen LogP contribution is 2.17. The van der Waals surface area contributed by atoms with E-state index in [0.29, 0.717) is 25.6 Å². The Hall–Kier alpha value is -1.17. The van der Waals surface area contributed by atoms with Crippen LogP contribution in [-0.4, -0.2) is 43.3 Å². The van der Waals surface area contributed by atoms with Crippen LogP contribution in [0.2, 0.25) is 0 Å². The minimum Gasteiger partial charge on any atom is -0.383 e. The maximum absolute atomic E-state index is 12.8. The van der Waals surface area contributed by atoms with Crippen molar-refractivity contribution in [2.75, 3.05) is 33.9 Å². The number of rotatable bonds is 7. The molecule has 5 nitrogen and oxygen atoms in total. The number of nitrogens with zero attached hydrogens (tertiary/aromatic N) is 2. The normalized spacial score (nSPS) is 15.3. The van der Waals surface area contributed by atoms with Gasteiger partial charge in [-0.1, -0.05) is 13.8 Å². The quantitative estimate of drug-likeness (QED) is 0.823. The zero-order valence-corrected chi connectivity index (χ0v) is 14.3. The number of methoxy groups -OCH3 is 1. The van der Waals surface area contributed by atoms with Gasteiger partial charge < -0.3 is 19.5 Å². The zero-order chi connectivity index (χ0) is 16.1. The summed E-state index contributed by atoms with van der Waals surface area (Å²) in [6.07, 6.45) is 0.935. The van der Waals surface area contributed by atoms with Crippen LogP contribution in [0.3, 0.4) is 0 Å². The van der Waals surface area contributed by atoms with Crippen LogP contribution in [0.4, 0.5) is 0 Å². The van der Waals surface area contributed by atoms with Crippen LogP contribution in [0.5, 0.6) is 0 Å².